The summed E-state index contributed by atoms with van der Waals surface area (Å²) >= 11 is 0. The number of rotatable bonds is 8. The molecule has 0 spiro atoms. The monoisotopic (exact) mass is 305 g/mol. The van der Waals surface area contributed by atoms with Gasteiger partial charge in [0, 0.05) is 6.54 Å². The highest BCUT2D eigenvalue weighted by molar-refractivity contribution is 5.30. The second-order valence-corrected chi connectivity index (χ2v) is 5.35. The van der Waals surface area contributed by atoms with E-state index in [9.17, 15) is 17.6 Å². The number of unbranched alkanes of at least 4 members (excludes halogenated alkanes) is 1. The van der Waals surface area contributed by atoms with Crippen molar-refractivity contribution >= 4 is 0 Å². The highest BCUT2D eigenvalue weighted by Crippen LogP contribution is 2.32. The molecule has 1 N–H and O–H groups in total. The van der Waals surface area contributed by atoms with Gasteiger partial charge < -0.3 is 5.32 Å². The standard InChI is InChI=1S/C16H23F4N/c1-3-5-6-12(4-2)10-21-11-13-7-8-14(17)9-15(13)16(18,19)20/h7-9,12,21H,3-6,10-11H2,1-2H3. The summed E-state index contributed by atoms with van der Waals surface area (Å²) in [4.78, 5) is 0. The molecule has 0 aliphatic heterocycles. The van der Waals surface area contributed by atoms with Crippen molar-refractivity contribution in [3.63, 3.8) is 0 Å². The summed E-state index contributed by atoms with van der Waals surface area (Å²) in [6, 6.07) is 2.84. The van der Waals surface area contributed by atoms with Crippen molar-refractivity contribution in [3.8, 4) is 0 Å². The molecule has 0 saturated carbocycles. The average Bonchev–Trinajstić information content (AvgIpc) is 2.43. The first kappa shape index (κ1) is 18.0. The van der Waals surface area contributed by atoms with E-state index in [1.165, 1.54) is 6.07 Å². The number of halogens is 4. The van der Waals surface area contributed by atoms with Gasteiger partial charge in [-0.2, -0.15) is 13.2 Å². The fourth-order valence-electron chi connectivity index (χ4n) is 2.32. The number of hydrogen-bond acceptors (Lipinski definition) is 1. The van der Waals surface area contributed by atoms with Crippen LogP contribution in [-0.2, 0) is 12.7 Å². The van der Waals surface area contributed by atoms with E-state index >= 15 is 0 Å². The first-order valence-electron chi connectivity index (χ1n) is 7.44. The van der Waals surface area contributed by atoms with Crippen LogP contribution in [0.3, 0.4) is 0 Å². The maximum absolute atomic E-state index is 13.0. The van der Waals surface area contributed by atoms with Gasteiger partial charge in [0.1, 0.15) is 5.82 Å². The maximum atomic E-state index is 13.0. The molecule has 1 rings (SSSR count). The molecule has 0 heterocycles. The topological polar surface area (TPSA) is 12.0 Å². The second kappa shape index (κ2) is 8.37. The zero-order chi connectivity index (χ0) is 15.9. The molecule has 0 saturated heterocycles. The van der Waals surface area contributed by atoms with E-state index in [-0.39, 0.29) is 12.1 Å². The molecule has 0 aliphatic rings. The molecule has 1 unspecified atom stereocenters. The van der Waals surface area contributed by atoms with Crippen LogP contribution in [0.2, 0.25) is 0 Å². The number of alkyl halides is 3. The molecule has 1 nitrogen and oxygen atoms in total. The fourth-order valence-corrected chi connectivity index (χ4v) is 2.32. The highest BCUT2D eigenvalue weighted by Gasteiger charge is 2.33. The predicted octanol–water partition coefficient (Wildman–Crippen LogP) is 5.15. The van der Waals surface area contributed by atoms with Gasteiger partial charge in [-0.05, 0) is 36.6 Å². The molecule has 1 atom stereocenters. The van der Waals surface area contributed by atoms with E-state index in [0.29, 0.717) is 18.5 Å². The normalized spacial score (nSPS) is 13.4. The van der Waals surface area contributed by atoms with Gasteiger partial charge in [-0.15, -0.1) is 0 Å². The Morgan fingerprint density at radius 1 is 1.19 bits per heavy atom. The van der Waals surface area contributed by atoms with Gasteiger partial charge in [0.05, 0.1) is 5.56 Å². The van der Waals surface area contributed by atoms with Crippen LogP contribution >= 0.6 is 0 Å². The lowest BCUT2D eigenvalue weighted by atomic mass is 9.99. The highest BCUT2D eigenvalue weighted by atomic mass is 19.4. The Morgan fingerprint density at radius 2 is 1.90 bits per heavy atom. The zero-order valence-corrected chi connectivity index (χ0v) is 12.6. The van der Waals surface area contributed by atoms with Crippen molar-refractivity contribution in [2.45, 2.75) is 52.3 Å². The molecule has 5 heteroatoms. The van der Waals surface area contributed by atoms with E-state index in [1.54, 1.807) is 0 Å². The summed E-state index contributed by atoms with van der Waals surface area (Å²) in [6.45, 7) is 5.00. The summed E-state index contributed by atoms with van der Waals surface area (Å²) in [5, 5.41) is 3.07. The maximum Gasteiger partial charge on any atom is 0.416 e. The zero-order valence-electron chi connectivity index (χ0n) is 12.6. The summed E-state index contributed by atoms with van der Waals surface area (Å²) < 4.78 is 51.6. The van der Waals surface area contributed by atoms with Gasteiger partial charge in [-0.25, -0.2) is 4.39 Å². The third-order valence-corrected chi connectivity index (χ3v) is 3.67. The lowest BCUT2D eigenvalue weighted by molar-refractivity contribution is -0.138. The van der Waals surface area contributed by atoms with Gasteiger partial charge in [0.25, 0.3) is 0 Å². The van der Waals surface area contributed by atoms with Crippen molar-refractivity contribution < 1.29 is 17.6 Å². The Morgan fingerprint density at radius 3 is 2.48 bits per heavy atom. The first-order valence-corrected chi connectivity index (χ1v) is 7.44. The van der Waals surface area contributed by atoms with Crippen LogP contribution < -0.4 is 5.32 Å². The SMILES string of the molecule is CCCCC(CC)CNCc1ccc(F)cc1C(F)(F)F. The van der Waals surface area contributed by atoms with E-state index in [0.717, 1.165) is 31.7 Å². The van der Waals surface area contributed by atoms with Crippen LogP contribution in [0, 0.1) is 11.7 Å². The summed E-state index contributed by atoms with van der Waals surface area (Å²) in [5.74, 6) is -0.389. The minimum atomic E-state index is -4.52. The van der Waals surface area contributed by atoms with Crippen LogP contribution in [0.5, 0.6) is 0 Å². The molecular weight excluding hydrogens is 282 g/mol. The molecule has 0 bridgehead atoms. The third-order valence-electron chi connectivity index (χ3n) is 3.67. The van der Waals surface area contributed by atoms with Crippen LogP contribution in [0.15, 0.2) is 18.2 Å². The third kappa shape index (κ3) is 6.04. The molecule has 1 aromatic carbocycles. The van der Waals surface area contributed by atoms with Gasteiger partial charge in [-0.1, -0.05) is 39.2 Å². The molecule has 0 aromatic heterocycles. The Kier molecular flexibility index (Phi) is 7.15. The second-order valence-electron chi connectivity index (χ2n) is 5.35. The molecule has 0 amide bonds. The molecule has 0 fully saturated rings. The number of hydrogen-bond donors (Lipinski definition) is 1. The molecule has 21 heavy (non-hydrogen) atoms. The fraction of sp³-hybridized carbons (Fsp3) is 0.625. The largest absolute Gasteiger partial charge is 0.416 e. The summed E-state index contributed by atoms with van der Waals surface area (Å²) in [5.41, 5.74) is -0.800. The molecule has 1 aromatic rings. The Bertz CT molecular complexity index is 429. The smallest absolute Gasteiger partial charge is 0.312 e. The Hall–Kier alpha value is -1.10. The average molecular weight is 305 g/mol. The van der Waals surface area contributed by atoms with Crippen molar-refractivity contribution in [2.24, 2.45) is 5.92 Å². The van der Waals surface area contributed by atoms with Crippen molar-refractivity contribution in [1.29, 1.82) is 0 Å². The summed E-state index contributed by atoms with van der Waals surface area (Å²) in [7, 11) is 0. The van der Waals surface area contributed by atoms with Gasteiger partial charge in [-0.3, -0.25) is 0 Å². The predicted molar refractivity (Wildman–Crippen MR) is 76.4 cm³/mol. The molecule has 0 aliphatic carbocycles. The molecule has 0 radical (unpaired) electrons. The van der Waals surface area contributed by atoms with Crippen LogP contribution in [0.1, 0.15) is 50.7 Å². The van der Waals surface area contributed by atoms with Crippen molar-refractivity contribution in [1.82, 2.24) is 5.32 Å². The van der Waals surface area contributed by atoms with Crippen molar-refractivity contribution in [2.75, 3.05) is 6.54 Å². The first-order chi connectivity index (χ1) is 9.88. The molecule has 120 valence electrons. The minimum absolute atomic E-state index is 0.0919. The van der Waals surface area contributed by atoms with Crippen molar-refractivity contribution in [3.05, 3.63) is 35.1 Å². The molecular formula is C16H23F4N. The van der Waals surface area contributed by atoms with E-state index in [4.69, 9.17) is 0 Å². The van der Waals surface area contributed by atoms with E-state index in [1.807, 2.05) is 0 Å². The van der Waals surface area contributed by atoms with E-state index in [2.05, 4.69) is 19.2 Å². The lowest BCUT2D eigenvalue weighted by Gasteiger charge is -2.17. The number of nitrogens with one attached hydrogen (secondary N) is 1. The van der Waals surface area contributed by atoms with Crippen LogP contribution in [-0.4, -0.2) is 6.54 Å². The lowest BCUT2D eigenvalue weighted by Crippen LogP contribution is -2.24. The summed E-state index contributed by atoms with van der Waals surface area (Å²) in [6.07, 6.45) is -0.194. The number of benzene rings is 1. The van der Waals surface area contributed by atoms with E-state index < -0.39 is 17.6 Å². The quantitative estimate of drug-likeness (QED) is 0.655. The Balaban J connectivity index is 2.63. The van der Waals surface area contributed by atoms with Crippen LogP contribution in [0.4, 0.5) is 17.6 Å². The van der Waals surface area contributed by atoms with Gasteiger partial charge in [0.2, 0.25) is 0 Å². The Labute approximate surface area is 123 Å². The van der Waals surface area contributed by atoms with Gasteiger partial charge in [0.15, 0.2) is 0 Å². The van der Waals surface area contributed by atoms with Crippen LogP contribution in [0.25, 0.3) is 0 Å². The minimum Gasteiger partial charge on any atom is -0.312 e. The van der Waals surface area contributed by atoms with Gasteiger partial charge >= 0.3 is 6.18 Å².